The van der Waals surface area contributed by atoms with E-state index in [2.05, 4.69) is 5.32 Å². The summed E-state index contributed by atoms with van der Waals surface area (Å²) in [5.41, 5.74) is 0.569. The van der Waals surface area contributed by atoms with Crippen LogP contribution in [0.15, 0.2) is 52.9 Å². The van der Waals surface area contributed by atoms with Crippen molar-refractivity contribution in [2.75, 3.05) is 25.6 Å². The van der Waals surface area contributed by atoms with Gasteiger partial charge in [-0.25, -0.2) is 0 Å². The van der Waals surface area contributed by atoms with Crippen LogP contribution in [-0.2, 0) is 0 Å². The molecule has 0 saturated carbocycles. The van der Waals surface area contributed by atoms with Gasteiger partial charge in [-0.3, -0.25) is 14.9 Å². The number of hydrogen-bond acceptors (Lipinski definition) is 7. The zero-order chi connectivity index (χ0) is 20.4. The summed E-state index contributed by atoms with van der Waals surface area (Å²) < 4.78 is 21.5. The molecule has 0 unspecified atom stereocenters. The number of anilines is 1. The Kier molecular flexibility index (Phi) is 4.78. The average Bonchev–Trinajstić information content (AvgIpc) is 3.23. The van der Waals surface area contributed by atoms with E-state index in [1.807, 2.05) is 0 Å². The summed E-state index contributed by atoms with van der Waals surface area (Å²) in [5, 5.41) is 14.1. The molecule has 2 aromatic carbocycles. The highest BCUT2D eigenvalue weighted by Crippen LogP contribution is 2.35. The molecule has 4 rings (SSSR count). The smallest absolute Gasteiger partial charge is 0.291 e. The predicted molar refractivity (Wildman–Crippen MR) is 103 cm³/mol. The van der Waals surface area contributed by atoms with Crippen LogP contribution in [0, 0.1) is 10.1 Å². The first-order valence-corrected chi connectivity index (χ1v) is 8.69. The van der Waals surface area contributed by atoms with Crippen molar-refractivity contribution in [1.82, 2.24) is 0 Å². The fourth-order valence-corrected chi connectivity index (χ4v) is 2.92. The molecule has 2 heterocycles. The van der Waals surface area contributed by atoms with Gasteiger partial charge in [0.25, 0.3) is 11.6 Å². The highest BCUT2D eigenvalue weighted by molar-refractivity contribution is 6.02. The Morgan fingerprint density at radius 2 is 1.86 bits per heavy atom. The molecule has 0 radical (unpaired) electrons. The van der Waals surface area contributed by atoms with Crippen LogP contribution in [0.25, 0.3) is 11.3 Å². The van der Waals surface area contributed by atoms with E-state index in [1.54, 1.807) is 24.3 Å². The molecule has 1 aromatic heterocycles. The lowest BCUT2D eigenvalue weighted by molar-refractivity contribution is -0.384. The number of furan rings is 1. The fraction of sp³-hybridized carbons (Fsp3) is 0.150. The number of nitro benzene ring substituents is 1. The predicted octanol–water partition coefficient (Wildman–Crippen LogP) is 3.89. The third-order valence-corrected chi connectivity index (χ3v) is 4.30. The Morgan fingerprint density at radius 3 is 2.62 bits per heavy atom. The van der Waals surface area contributed by atoms with Crippen LogP contribution in [-0.4, -0.2) is 31.2 Å². The van der Waals surface area contributed by atoms with Gasteiger partial charge in [0.15, 0.2) is 17.3 Å². The van der Waals surface area contributed by atoms with E-state index in [4.69, 9.17) is 18.6 Å². The molecule has 148 valence electrons. The number of nitrogens with one attached hydrogen (secondary N) is 1. The first-order valence-electron chi connectivity index (χ1n) is 8.69. The van der Waals surface area contributed by atoms with E-state index in [0.717, 1.165) is 0 Å². The molecular formula is C20H16N2O7. The van der Waals surface area contributed by atoms with E-state index in [0.29, 0.717) is 36.1 Å². The first-order chi connectivity index (χ1) is 14.0. The minimum Gasteiger partial charge on any atom is -0.497 e. The van der Waals surface area contributed by atoms with E-state index >= 15 is 0 Å². The van der Waals surface area contributed by atoms with Crippen LogP contribution in [0.1, 0.15) is 10.6 Å². The molecule has 0 fully saturated rings. The molecule has 1 aliphatic rings. The lowest BCUT2D eigenvalue weighted by Crippen LogP contribution is -2.16. The van der Waals surface area contributed by atoms with Gasteiger partial charge in [-0.05, 0) is 36.4 Å². The number of benzene rings is 2. The number of carbonyl (C=O) groups excluding carboxylic acids is 1. The van der Waals surface area contributed by atoms with Crippen molar-refractivity contribution in [2.24, 2.45) is 0 Å². The van der Waals surface area contributed by atoms with Crippen molar-refractivity contribution in [3.63, 3.8) is 0 Å². The van der Waals surface area contributed by atoms with Gasteiger partial charge in [0.05, 0.1) is 23.7 Å². The number of hydrogen-bond donors (Lipinski definition) is 1. The second-order valence-corrected chi connectivity index (χ2v) is 6.12. The van der Waals surface area contributed by atoms with Gasteiger partial charge < -0.3 is 23.9 Å². The van der Waals surface area contributed by atoms with E-state index < -0.39 is 10.8 Å². The number of rotatable bonds is 5. The Labute approximate surface area is 164 Å². The lowest BCUT2D eigenvalue weighted by Gasteiger charge is -2.18. The van der Waals surface area contributed by atoms with Crippen LogP contribution in [0.4, 0.5) is 11.4 Å². The van der Waals surface area contributed by atoms with E-state index in [9.17, 15) is 14.9 Å². The maximum Gasteiger partial charge on any atom is 0.291 e. The maximum atomic E-state index is 12.5. The number of nitrogens with zero attached hydrogens (tertiary/aromatic N) is 1. The summed E-state index contributed by atoms with van der Waals surface area (Å²) in [6.07, 6.45) is 0. The van der Waals surface area contributed by atoms with Gasteiger partial charge in [0.1, 0.15) is 24.7 Å². The van der Waals surface area contributed by atoms with Crippen molar-refractivity contribution in [3.8, 4) is 28.6 Å². The fourth-order valence-electron chi connectivity index (χ4n) is 2.92. The molecule has 9 nitrogen and oxygen atoms in total. The number of ether oxygens (including phenoxy) is 3. The first kappa shape index (κ1) is 18.4. The van der Waals surface area contributed by atoms with Gasteiger partial charge in [-0.15, -0.1) is 0 Å². The standard InChI is InChI=1S/C20H16N2O7/c1-26-13-3-4-14(15(11-13)22(24)25)16-6-7-18(29-16)20(23)21-12-2-5-17-19(10-12)28-9-8-27-17/h2-7,10-11H,8-9H2,1H3,(H,21,23). The summed E-state index contributed by atoms with van der Waals surface area (Å²) in [4.78, 5) is 23.4. The second kappa shape index (κ2) is 7.55. The van der Waals surface area contributed by atoms with Crippen molar-refractivity contribution in [3.05, 3.63) is 64.4 Å². The van der Waals surface area contributed by atoms with Crippen molar-refractivity contribution >= 4 is 17.3 Å². The third kappa shape index (κ3) is 3.70. The lowest BCUT2D eigenvalue weighted by atomic mass is 10.1. The minimum absolute atomic E-state index is 0.0139. The molecule has 29 heavy (non-hydrogen) atoms. The minimum atomic E-state index is -0.532. The van der Waals surface area contributed by atoms with Crippen molar-refractivity contribution in [1.29, 1.82) is 0 Å². The summed E-state index contributed by atoms with van der Waals surface area (Å²) in [6, 6.07) is 12.4. The highest BCUT2D eigenvalue weighted by Gasteiger charge is 2.21. The van der Waals surface area contributed by atoms with E-state index in [-0.39, 0.29) is 22.8 Å². The zero-order valence-electron chi connectivity index (χ0n) is 15.3. The van der Waals surface area contributed by atoms with Gasteiger partial charge in [0, 0.05) is 11.8 Å². The Balaban J connectivity index is 1.56. The molecule has 0 bridgehead atoms. The van der Waals surface area contributed by atoms with Crippen molar-refractivity contribution < 1.29 is 28.3 Å². The van der Waals surface area contributed by atoms with Crippen LogP contribution in [0.5, 0.6) is 17.2 Å². The molecular weight excluding hydrogens is 380 g/mol. The Bertz CT molecular complexity index is 1090. The average molecular weight is 396 g/mol. The highest BCUT2D eigenvalue weighted by atomic mass is 16.6. The summed E-state index contributed by atoms with van der Waals surface area (Å²) in [6.45, 7) is 0.915. The third-order valence-electron chi connectivity index (χ3n) is 4.30. The van der Waals surface area contributed by atoms with Gasteiger partial charge in [0.2, 0.25) is 0 Å². The zero-order valence-corrected chi connectivity index (χ0v) is 15.3. The molecule has 0 atom stereocenters. The number of nitro groups is 1. The molecule has 3 aromatic rings. The molecule has 1 amide bonds. The quantitative estimate of drug-likeness (QED) is 0.514. The van der Waals surface area contributed by atoms with Gasteiger partial charge in [-0.1, -0.05) is 0 Å². The van der Waals surface area contributed by atoms with Crippen LogP contribution in [0.2, 0.25) is 0 Å². The number of fused-ring (bicyclic) bond motifs is 1. The number of methoxy groups -OCH3 is 1. The SMILES string of the molecule is COc1ccc(-c2ccc(C(=O)Nc3ccc4c(c3)OCCO4)o2)c([N+](=O)[O-])c1. The Morgan fingerprint density at radius 1 is 1.07 bits per heavy atom. The molecule has 0 saturated heterocycles. The molecule has 0 aliphatic carbocycles. The summed E-state index contributed by atoms with van der Waals surface area (Å²) in [5.74, 6) is 1.23. The normalized spacial score (nSPS) is 12.3. The maximum absolute atomic E-state index is 12.5. The molecule has 1 N–H and O–H groups in total. The number of amides is 1. The van der Waals surface area contributed by atoms with Crippen LogP contribution in [0.3, 0.4) is 0 Å². The summed E-state index contributed by atoms with van der Waals surface area (Å²) >= 11 is 0. The molecule has 1 aliphatic heterocycles. The van der Waals surface area contributed by atoms with Crippen LogP contribution >= 0.6 is 0 Å². The van der Waals surface area contributed by atoms with Crippen molar-refractivity contribution in [2.45, 2.75) is 0 Å². The topological polar surface area (TPSA) is 113 Å². The number of carbonyl (C=O) groups is 1. The van der Waals surface area contributed by atoms with Gasteiger partial charge >= 0.3 is 0 Å². The molecule has 0 spiro atoms. The Hall–Kier alpha value is -4.01. The van der Waals surface area contributed by atoms with Crippen LogP contribution < -0.4 is 19.5 Å². The second-order valence-electron chi connectivity index (χ2n) is 6.12. The monoisotopic (exact) mass is 396 g/mol. The summed E-state index contributed by atoms with van der Waals surface area (Å²) in [7, 11) is 1.42. The van der Waals surface area contributed by atoms with E-state index in [1.165, 1.54) is 31.4 Å². The molecule has 9 heteroatoms. The van der Waals surface area contributed by atoms with Gasteiger partial charge in [-0.2, -0.15) is 0 Å². The largest absolute Gasteiger partial charge is 0.497 e.